The summed E-state index contributed by atoms with van der Waals surface area (Å²) in [7, 11) is 0. The second-order valence-electron chi connectivity index (χ2n) is 9.51. The van der Waals surface area contributed by atoms with Gasteiger partial charge in [-0.3, -0.25) is 9.88 Å². The monoisotopic (exact) mass is 512 g/mol. The largest absolute Gasteiger partial charge is 0.506 e. The number of rotatable bonds is 9. The predicted molar refractivity (Wildman–Crippen MR) is 140 cm³/mol. The lowest BCUT2D eigenvalue weighted by Crippen LogP contribution is -2.43. The van der Waals surface area contributed by atoms with Crippen LogP contribution in [0.2, 0.25) is 5.02 Å². The third-order valence-electron chi connectivity index (χ3n) is 6.26. The molecule has 0 spiro atoms. The van der Waals surface area contributed by atoms with Crippen molar-refractivity contribution >= 4 is 17.6 Å². The number of aromatic nitrogens is 3. The van der Waals surface area contributed by atoms with Gasteiger partial charge in [-0.15, -0.1) is 0 Å². The first-order valence-electron chi connectivity index (χ1n) is 12.1. The molecular weight excluding hydrogens is 480 g/mol. The average molecular weight is 513 g/mol. The Morgan fingerprint density at radius 2 is 1.92 bits per heavy atom. The van der Waals surface area contributed by atoms with Crippen molar-refractivity contribution in [3.05, 3.63) is 53.6 Å². The van der Waals surface area contributed by atoms with Gasteiger partial charge in [0, 0.05) is 55.1 Å². The van der Waals surface area contributed by atoms with Crippen molar-refractivity contribution in [2.75, 3.05) is 45.9 Å². The molecule has 0 bridgehead atoms. The number of pyridine rings is 1. The molecule has 3 heterocycles. The first-order chi connectivity index (χ1) is 17.3. The number of hydrogen-bond acceptors (Lipinski definition) is 6. The van der Waals surface area contributed by atoms with Crippen LogP contribution in [0.1, 0.15) is 26.1 Å². The van der Waals surface area contributed by atoms with E-state index in [-0.39, 0.29) is 16.8 Å². The van der Waals surface area contributed by atoms with E-state index in [0.717, 1.165) is 56.1 Å². The van der Waals surface area contributed by atoms with Crippen molar-refractivity contribution in [1.82, 2.24) is 30.5 Å². The quantitative estimate of drug-likeness (QED) is 0.324. The number of carbonyl (C=O) groups excluding carboxylic acids is 1. The fourth-order valence-corrected chi connectivity index (χ4v) is 4.18. The number of nitrogens with zero attached hydrogens (tertiary/aromatic N) is 3. The highest BCUT2D eigenvalue weighted by Crippen LogP contribution is 2.36. The van der Waals surface area contributed by atoms with E-state index in [1.807, 2.05) is 32.0 Å². The van der Waals surface area contributed by atoms with Gasteiger partial charge < -0.3 is 25.5 Å². The number of phenols is 1. The molecule has 0 saturated carbocycles. The summed E-state index contributed by atoms with van der Waals surface area (Å²) < 4.78 is 5.37. The zero-order valence-corrected chi connectivity index (χ0v) is 21.4. The van der Waals surface area contributed by atoms with Crippen molar-refractivity contribution in [2.24, 2.45) is 0 Å². The van der Waals surface area contributed by atoms with Gasteiger partial charge in [0.2, 0.25) is 0 Å². The smallest absolute Gasteiger partial charge is 0.314 e. The van der Waals surface area contributed by atoms with Gasteiger partial charge in [0.15, 0.2) is 0 Å². The van der Waals surface area contributed by atoms with E-state index in [9.17, 15) is 9.90 Å². The van der Waals surface area contributed by atoms with Crippen molar-refractivity contribution in [1.29, 1.82) is 0 Å². The first kappa shape index (κ1) is 25.9. The standard InChI is InChI=1S/C26H33ClN6O3/c1-26(2,17-30-25(35)29-8-3-11-33-12-14-36-15-13-33)24-31-22(18-6-9-28-10-7-18)23(32-24)19-4-5-20(27)21(34)16-19/h4-7,9-10,16,34H,3,8,11-15,17H2,1-2H3,(H,31,32)(H2,29,30,35). The maximum Gasteiger partial charge on any atom is 0.314 e. The number of aromatic amines is 1. The number of nitrogens with one attached hydrogen (secondary N) is 3. The number of phenolic OH excluding ortho intramolecular Hbond substituents is 1. The molecule has 1 saturated heterocycles. The number of morpholine rings is 1. The summed E-state index contributed by atoms with van der Waals surface area (Å²) in [5, 5.41) is 16.3. The Kier molecular flexibility index (Phi) is 8.45. The van der Waals surface area contributed by atoms with Gasteiger partial charge in [-0.2, -0.15) is 0 Å². The Hall–Kier alpha value is -3.14. The fourth-order valence-electron chi connectivity index (χ4n) is 4.07. The zero-order valence-electron chi connectivity index (χ0n) is 20.7. The molecule has 3 aromatic rings. The molecule has 1 aromatic carbocycles. The van der Waals surface area contributed by atoms with Crippen LogP contribution < -0.4 is 10.6 Å². The molecule has 10 heteroatoms. The number of halogens is 1. The van der Waals surface area contributed by atoms with Crippen molar-refractivity contribution in [2.45, 2.75) is 25.7 Å². The minimum absolute atomic E-state index is 0.00869. The molecule has 0 unspecified atom stereocenters. The molecule has 4 N–H and O–H groups in total. The number of hydrogen-bond donors (Lipinski definition) is 4. The topological polar surface area (TPSA) is 115 Å². The van der Waals surface area contributed by atoms with E-state index in [2.05, 4.69) is 25.5 Å². The Labute approximate surface area is 216 Å². The van der Waals surface area contributed by atoms with Crippen LogP contribution in [0.5, 0.6) is 5.75 Å². The molecule has 4 rings (SSSR count). The minimum Gasteiger partial charge on any atom is -0.506 e. The lowest BCUT2D eigenvalue weighted by molar-refractivity contribution is 0.0375. The molecular formula is C26H33ClN6O3. The molecule has 0 radical (unpaired) electrons. The molecule has 1 fully saturated rings. The van der Waals surface area contributed by atoms with Gasteiger partial charge in [-0.25, -0.2) is 9.78 Å². The average Bonchev–Trinajstić information content (AvgIpc) is 3.35. The Morgan fingerprint density at radius 3 is 2.64 bits per heavy atom. The lowest BCUT2D eigenvalue weighted by atomic mass is 9.92. The molecule has 1 aliphatic rings. The normalized spacial score (nSPS) is 14.5. The number of imidazole rings is 1. The van der Waals surface area contributed by atoms with Crippen LogP contribution in [-0.2, 0) is 10.2 Å². The fraction of sp³-hybridized carbons (Fsp3) is 0.423. The van der Waals surface area contributed by atoms with Gasteiger partial charge in [0.1, 0.15) is 11.6 Å². The van der Waals surface area contributed by atoms with Crippen LogP contribution in [0.15, 0.2) is 42.7 Å². The molecule has 36 heavy (non-hydrogen) atoms. The second kappa shape index (κ2) is 11.7. The number of aromatic hydroxyl groups is 1. The van der Waals surface area contributed by atoms with E-state index in [4.69, 9.17) is 21.3 Å². The molecule has 2 amide bonds. The van der Waals surface area contributed by atoms with Crippen LogP contribution >= 0.6 is 11.6 Å². The van der Waals surface area contributed by atoms with Crippen LogP contribution in [0.3, 0.4) is 0 Å². The van der Waals surface area contributed by atoms with Gasteiger partial charge in [-0.1, -0.05) is 31.5 Å². The summed E-state index contributed by atoms with van der Waals surface area (Å²) in [6.07, 6.45) is 4.33. The van der Waals surface area contributed by atoms with Crippen LogP contribution in [-0.4, -0.2) is 76.9 Å². The number of amides is 2. The molecule has 9 nitrogen and oxygen atoms in total. The summed E-state index contributed by atoms with van der Waals surface area (Å²) >= 11 is 6.02. The van der Waals surface area contributed by atoms with Gasteiger partial charge in [0.05, 0.1) is 29.6 Å². The minimum atomic E-state index is -0.486. The van der Waals surface area contributed by atoms with E-state index in [0.29, 0.717) is 24.6 Å². The number of carbonyl (C=O) groups is 1. The summed E-state index contributed by atoms with van der Waals surface area (Å²) in [6.45, 7) is 9.43. The van der Waals surface area contributed by atoms with E-state index >= 15 is 0 Å². The van der Waals surface area contributed by atoms with Crippen molar-refractivity contribution in [3.8, 4) is 28.3 Å². The first-order valence-corrected chi connectivity index (χ1v) is 12.5. The Bertz CT molecular complexity index is 1160. The van der Waals surface area contributed by atoms with Crippen molar-refractivity contribution in [3.63, 3.8) is 0 Å². The lowest BCUT2D eigenvalue weighted by Gasteiger charge is -2.26. The number of H-pyrrole nitrogens is 1. The molecule has 1 aliphatic heterocycles. The van der Waals surface area contributed by atoms with E-state index in [1.165, 1.54) is 0 Å². The maximum absolute atomic E-state index is 12.4. The highest BCUT2D eigenvalue weighted by molar-refractivity contribution is 6.32. The number of ether oxygens (including phenoxy) is 1. The molecule has 0 atom stereocenters. The highest BCUT2D eigenvalue weighted by Gasteiger charge is 2.28. The number of urea groups is 1. The SMILES string of the molecule is CC(C)(CNC(=O)NCCCN1CCOCC1)c1nc(-c2ccc(Cl)c(O)c2)c(-c2ccncc2)[nH]1. The third kappa shape index (κ3) is 6.54. The second-order valence-corrected chi connectivity index (χ2v) is 9.92. The van der Waals surface area contributed by atoms with E-state index in [1.54, 1.807) is 24.5 Å². The van der Waals surface area contributed by atoms with Crippen LogP contribution in [0.4, 0.5) is 4.79 Å². The Balaban J connectivity index is 1.42. The van der Waals surface area contributed by atoms with Gasteiger partial charge in [0.25, 0.3) is 0 Å². The van der Waals surface area contributed by atoms with Crippen LogP contribution in [0, 0.1) is 0 Å². The van der Waals surface area contributed by atoms with Gasteiger partial charge >= 0.3 is 6.03 Å². The summed E-state index contributed by atoms with van der Waals surface area (Å²) in [5.74, 6) is 0.706. The summed E-state index contributed by atoms with van der Waals surface area (Å²) in [5.41, 5.74) is 2.64. The van der Waals surface area contributed by atoms with Gasteiger partial charge in [-0.05, 0) is 37.2 Å². The third-order valence-corrected chi connectivity index (χ3v) is 6.58. The number of benzene rings is 1. The molecule has 192 valence electrons. The van der Waals surface area contributed by atoms with E-state index < -0.39 is 5.41 Å². The summed E-state index contributed by atoms with van der Waals surface area (Å²) in [6, 6.07) is 8.66. The molecule has 0 aliphatic carbocycles. The summed E-state index contributed by atoms with van der Waals surface area (Å²) in [4.78, 5) is 27.2. The maximum atomic E-state index is 12.4. The Morgan fingerprint density at radius 1 is 1.17 bits per heavy atom. The van der Waals surface area contributed by atoms with Crippen LogP contribution in [0.25, 0.3) is 22.5 Å². The van der Waals surface area contributed by atoms with Crippen molar-refractivity contribution < 1.29 is 14.6 Å². The predicted octanol–water partition coefficient (Wildman–Crippen LogP) is 3.80. The zero-order chi connectivity index (χ0) is 25.5. The highest BCUT2D eigenvalue weighted by atomic mass is 35.5. The molecule has 2 aromatic heterocycles.